The smallest absolute Gasteiger partial charge is 0.273 e. The largest absolute Gasteiger partial charge is 0.346 e. The Hall–Kier alpha value is -2.21. The number of carbonyl (C=O) groups is 1. The quantitative estimate of drug-likeness (QED) is 0.921. The van der Waals surface area contributed by atoms with Gasteiger partial charge in [0.05, 0.1) is 11.9 Å². The van der Waals surface area contributed by atoms with Crippen molar-refractivity contribution >= 4 is 5.91 Å². The van der Waals surface area contributed by atoms with Crippen LogP contribution in [0.2, 0.25) is 0 Å². The Kier molecular flexibility index (Phi) is 3.38. The third kappa shape index (κ3) is 2.50. The first-order valence-electron chi connectivity index (χ1n) is 7.80. The van der Waals surface area contributed by atoms with Crippen LogP contribution < -0.4 is 5.32 Å². The Balaban J connectivity index is 1.46. The minimum Gasteiger partial charge on any atom is -0.346 e. The molecule has 2 bridgehead atoms. The fraction of sp³-hybridized carbons (Fsp3) is 0.438. The summed E-state index contributed by atoms with van der Waals surface area (Å²) in [5.74, 6) is 0.485. The Morgan fingerprint density at radius 2 is 1.95 bits per heavy atom. The van der Waals surface area contributed by atoms with E-state index < -0.39 is 0 Å². The summed E-state index contributed by atoms with van der Waals surface area (Å²) in [6.07, 6.45) is 3.90. The fourth-order valence-electron chi connectivity index (χ4n) is 3.42. The van der Waals surface area contributed by atoms with Crippen molar-refractivity contribution in [1.29, 1.82) is 0 Å². The molecule has 4 heterocycles. The SMILES string of the molecule is O=C(NC1CN2CCC1CC2)c1cnn(-c2ccccc2)n1. The molecule has 1 aromatic heterocycles. The van der Waals surface area contributed by atoms with Gasteiger partial charge in [0.1, 0.15) is 0 Å². The number of fused-ring (bicyclic) bond motifs is 3. The van der Waals surface area contributed by atoms with Gasteiger partial charge in [-0.3, -0.25) is 4.79 Å². The predicted molar refractivity (Wildman–Crippen MR) is 81.8 cm³/mol. The van der Waals surface area contributed by atoms with Crippen molar-refractivity contribution in [2.75, 3.05) is 19.6 Å². The van der Waals surface area contributed by atoms with E-state index in [2.05, 4.69) is 20.4 Å². The number of nitrogens with one attached hydrogen (secondary N) is 1. The molecule has 1 aromatic carbocycles. The second-order valence-corrected chi connectivity index (χ2v) is 6.07. The third-order valence-electron chi connectivity index (χ3n) is 4.68. The number of amides is 1. The summed E-state index contributed by atoms with van der Waals surface area (Å²) >= 11 is 0. The van der Waals surface area contributed by atoms with Crippen LogP contribution >= 0.6 is 0 Å². The molecule has 3 aliphatic heterocycles. The molecule has 1 unspecified atom stereocenters. The van der Waals surface area contributed by atoms with Crippen molar-refractivity contribution in [1.82, 2.24) is 25.2 Å². The first-order valence-corrected chi connectivity index (χ1v) is 7.80. The Morgan fingerprint density at radius 3 is 2.64 bits per heavy atom. The van der Waals surface area contributed by atoms with Gasteiger partial charge in [0.15, 0.2) is 5.69 Å². The van der Waals surface area contributed by atoms with E-state index in [-0.39, 0.29) is 11.9 Å². The molecule has 2 aromatic rings. The molecule has 0 aliphatic carbocycles. The van der Waals surface area contributed by atoms with Gasteiger partial charge in [0, 0.05) is 12.6 Å². The number of rotatable bonds is 3. The lowest BCUT2D eigenvalue weighted by molar-refractivity contribution is 0.0617. The summed E-state index contributed by atoms with van der Waals surface area (Å²) in [6.45, 7) is 3.30. The number of benzene rings is 1. The average Bonchev–Trinajstić information content (AvgIpc) is 3.07. The minimum absolute atomic E-state index is 0.124. The molecular formula is C16H19N5O. The summed E-state index contributed by atoms with van der Waals surface area (Å²) < 4.78 is 0. The van der Waals surface area contributed by atoms with E-state index in [9.17, 15) is 4.79 Å². The van der Waals surface area contributed by atoms with Crippen LogP contribution in [-0.2, 0) is 0 Å². The van der Waals surface area contributed by atoms with Crippen LogP contribution in [0.5, 0.6) is 0 Å². The standard InChI is InChI=1S/C16H19N5O/c22-16(18-15-11-20-8-6-12(15)7-9-20)14-10-17-21(19-14)13-4-2-1-3-5-13/h1-5,10,12,15H,6-9,11H2,(H,18,22). The average molecular weight is 297 g/mol. The molecule has 3 saturated heterocycles. The number of para-hydroxylation sites is 1. The first kappa shape index (κ1) is 13.5. The van der Waals surface area contributed by atoms with Crippen LogP contribution in [0, 0.1) is 5.92 Å². The Labute approximate surface area is 129 Å². The van der Waals surface area contributed by atoms with E-state index in [1.807, 2.05) is 30.3 Å². The molecule has 1 amide bonds. The Morgan fingerprint density at radius 1 is 1.18 bits per heavy atom. The zero-order valence-electron chi connectivity index (χ0n) is 12.4. The maximum Gasteiger partial charge on any atom is 0.273 e. The summed E-state index contributed by atoms with van der Waals surface area (Å²) in [5.41, 5.74) is 1.23. The van der Waals surface area contributed by atoms with Gasteiger partial charge in [-0.2, -0.15) is 9.90 Å². The molecule has 5 rings (SSSR count). The molecule has 3 aliphatic rings. The van der Waals surface area contributed by atoms with Gasteiger partial charge in [0.2, 0.25) is 0 Å². The van der Waals surface area contributed by atoms with Crippen LogP contribution in [0.4, 0.5) is 0 Å². The summed E-state index contributed by atoms with van der Waals surface area (Å²) in [4.78, 5) is 16.3. The molecule has 22 heavy (non-hydrogen) atoms. The van der Waals surface area contributed by atoms with Crippen LogP contribution in [-0.4, -0.2) is 51.5 Å². The number of carbonyl (C=O) groups excluding carboxylic acids is 1. The molecule has 6 heteroatoms. The van der Waals surface area contributed by atoms with Gasteiger partial charge in [0.25, 0.3) is 5.91 Å². The van der Waals surface area contributed by atoms with E-state index in [1.165, 1.54) is 36.9 Å². The molecular weight excluding hydrogens is 278 g/mol. The second-order valence-electron chi connectivity index (χ2n) is 6.07. The van der Waals surface area contributed by atoms with Gasteiger partial charge in [-0.25, -0.2) is 0 Å². The molecule has 0 spiro atoms. The second kappa shape index (κ2) is 5.53. The lowest BCUT2D eigenvalue weighted by Gasteiger charge is -2.44. The van der Waals surface area contributed by atoms with Crippen molar-refractivity contribution in [3.63, 3.8) is 0 Å². The molecule has 0 radical (unpaired) electrons. The lowest BCUT2D eigenvalue weighted by Crippen LogP contribution is -2.57. The van der Waals surface area contributed by atoms with Crippen molar-refractivity contribution < 1.29 is 4.79 Å². The highest BCUT2D eigenvalue weighted by molar-refractivity contribution is 5.92. The normalized spacial score (nSPS) is 26.8. The van der Waals surface area contributed by atoms with E-state index >= 15 is 0 Å². The highest BCUT2D eigenvalue weighted by Crippen LogP contribution is 2.27. The summed E-state index contributed by atoms with van der Waals surface area (Å²) in [7, 11) is 0. The first-order chi connectivity index (χ1) is 10.8. The highest BCUT2D eigenvalue weighted by Gasteiger charge is 2.35. The lowest BCUT2D eigenvalue weighted by atomic mass is 9.84. The summed E-state index contributed by atoms with van der Waals surface area (Å²) in [6, 6.07) is 9.85. The van der Waals surface area contributed by atoms with E-state index in [0.717, 1.165) is 12.2 Å². The third-order valence-corrected chi connectivity index (χ3v) is 4.68. The minimum atomic E-state index is -0.124. The van der Waals surface area contributed by atoms with Crippen molar-refractivity contribution in [2.24, 2.45) is 5.92 Å². The molecule has 1 N–H and O–H groups in total. The van der Waals surface area contributed by atoms with E-state index in [0.29, 0.717) is 11.6 Å². The van der Waals surface area contributed by atoms with Gasteiger partial charge in [-0.15, -0.1) is 5.10 Å². The number of nitrogens with zero attached hydrogens (tertiary/aromatic N) is 4. The maximum atomic E-state index is 12.4. The topological polar surface area (TPSA) is 63.1 Å². The van der Waals surface area contributed by atoms with Gasteiger partial charge in [-0.1, -0.05) is 18.2 Å². The fourth-order valence-corrected chi connectivity index (χ4v) is 3.42. The zero-order chi connectivity index (χ0) is 14.9. The van der Waals surface area contributed by atoms with Crippen LogP contribution in [0.1, 0.15) is 23.3 Å². The monoisotopic (exact) mass is 297 g/mol. The van der Waals surface area contributed by atoms with Crippen LogP contribution in [0.25, 0.3) is 5.69 Å². The van der Waals surface area contributed by atoms with Crippen molar-refractivity contribution in [3.05, 3.63) is 42.2 Å². The molecule has 6 nitrogen and oxygen atoms in total. The summed E-state index contributed by atoms with van der Waals surface area (Å²) in [5, 5.41) is 11.6. The van der Waals surface area contributed by atoms with Crippen LogP contribution in [0.15, 0.2) is 36.5 Å². The molecule has 0 saturated carbocycles. The number of aromatic nitrogens is 3. The predicted octanol–water partition coefficient (Wildman–Crippen LogP) is 1.09. The number of hydrogen-bond donors (Lipinski definition) is 1. The molecule has 1 atom stereocenters. The Bertz CT molecular complexity index is 660. The van der Waals surface area contributed by atoms with E-state index in [4.69, 9.17) is 0 Å². The van der Waals surface area contributed by atoms with E-state index in [1.54, 1.807) is 0 Å². The highest BCUT2D eigenvalue weighted by atomic mass is 16.2. The zero-order valence-corrected chi connectivity index (χ0v) is 12.4. The molecule has 114 valence electrons. The van der Waals surface area contributed by atoms with Crippen molar-refractivity contribution in [2.45, 2.75) is 18.9 Å². The van der Waals surface area contributed by atoms with Crippen molar-refractivity contribution in [3.8, 4) is 5.69 Å². The maximum absolute atomic E-state index is 12.4. The number of piperidine rings is 3. The van der Waals surface area contributed by atoms with Gasteiger partial charge < -0.3 is 10.2 Å². The van der Waals surface area contributed by atoms with Gasteiger partial charge in [-0.05, 0) is 44.0 Å². The van der Waals surface area contributed by atoms with Gasteiger partial charge >= 0.3 is 0 Å². The molecule has 3 fully saturated rings. The number of hydrogen-bond acceptors (Lipinski definition) is 4. The van der Waals surface area contributed by atoms with Crippen LogP contribution in [0.3, 0.4) is 0 Å².